The molecular weight excluding hydrogens is 324 g/mol. The Balaban J connectivity index is 2.10. The molecular formula is C14H11BrN2OS. The van der Waals surface area contributed by atoms with Crippen LogP contribution in [0.15, 0.2) is 40.2 Å². The SMILES string of the molecule is CN(Cc1cccc(C#N)c1)C(=O)c1ccc(Br)s1. The molecule has 1 heterocycles. The summed E-state index contributed by atoms with van der Waals surface area (Å²) in [7, 11) is 1.76. The van der Waals surface area contributed by atoms with Gasteiger partial charge in [0.15, 0.2) is 0 Å². The van der Waals surface area contributed by atoms with E-state index in [0.717, 1.165) is 9.35 Å². The third-order valence-electron chi connectivity index (χ3n) is 2.61. The van der Waals surface area contributed by atoms with Crippen molar-refractivity contribution in [2.75, 3.05) is 7.05 Å². The normalized spacial score (nSPS) is 9.95. The molecule has 0 atom stereocenters. The van der Waals surface area contributed by atoms with Crippen LogP contribution in [-0.4, -0.2) is 17.9 Å². The van der Waals surface area contributed by atoms with Gasteiger partial charge in [-0.25, -0.2) is 0 Å². The van der Waals surface area contributed by atoms with Crippen LogP contribution in [0.25, 0.3) is 0 Å². The van der Waals surface area contributed by atoms with E-state index in [1.165, 1.54) is 11.3 Å². The van der Waals surface area contributed by atoms with E-state index >= 15 is 0 Å². The van der Waals surface area contributed by atoms with Gasteiger partial charge >= 0.3 is 0 Å². The Kier molecular flexibility index (Phi) is 4.35. The van der Waals surface area contributed by atoms with Crippen molar-refractivity contribution in [2.45, 2.75) is 6.54 Å². The molecule has 1 aromatic heterocycles. The molecule has 1 aromatic carbocycles. The fourth-order valence-electron chi connectivity index (χ4n) is 1.70. The van der Waals surface area contributed by atoms with Crippen LogP contribution in [0.1, 0.15) is 20.8 Å². The maximum Gasteiger partial charge on any atom is 0.264 e. The Morgan fingerprint density at radius 3 is 2.84 bits per heavy atom. The first-order valence-electron chi connectivity index (χ1n) is 5.60. The number of nitrogens with zero attached hydrogens (tertiary/aromatic N) is 2. The molecule has 19 heavy (non-hydrogen) atoms. The second kappa shape index (κ2) is 6.00. The van der Waals surface area contributed by atoms with Gasteiger partial charge in [0.1, 0.15) is 0 Å². The molecule has 0 unspecified atom stereocenters. The summed E-state index contributed by atoms with van der Waals surface area (Å²) in [6.07, 6.45) is 0. The van der Waals surface area contributed by atoms with E-state index in [1.54, 1.807) is 30.1 Å². The lowest BCUT2D eigenvalue weighted by Crippen LogP contribution is -2.25. The molecule has 3 nitrogen and oxygen atoms in total. The maximum absolute atomic E-state index is 12.2. The Morgan fingerprint density at radius 1 is 1.42 bits per heavy atom. The minimum atomic E-state index is -0.0157. The third kappa shape index (κ3) is 3.43. The second-order valence-corrected chi connectivity index (χ2v) is 6.54. The fraction of sp³-hybridized carbons (Fsp3) is 0.143. The lowest BCUT2D eigenvalue weighted by Gasteiger charge is -2.16. The standard InChI is InChI=1S/C14H11BrN2OS/c1-17(14(18)12-5-6-13(15)19-12)9-11-4-2-3-10(7-11)8-16/h2-7H,9H2,1H3. The number of nitriles is 1. The molecule has 0 saturated heterocycles. The van der Waals surface area contributed by atoms with Gasteiger partial charge in [0, 0.05) is 13.6 Å². The zero-order valence-electron chi connectivity index (χ0n) is 10.3. The Labute approximate surface area is 124 Å². The highest BCUT2D eigenvalue weighted by atomic mass is 79.9. The van der Waals surface area contributed by atoms with Gasteiger partial charge < -0.3 is 4.90 Å². The molecule has 5 heteroatoms. The number of halogens is 1. The first-order valence-corrected chi connectivity index (χ1v) is 7.21. The van der Waals surface area contributed by atoms with Crippen LogP contribution < -0.4 is 0 Å². The largest absolute Gasteiger partial charge is 0.337 e. The Morgan fingerprint density at radius 2 is 2.21 bits per heavy atom. The number of carbonyl (C=O) groups excluding carboxylic acids is 1. The number of hydrogen-bond acceptors (Lipinski definition) is 3. The van der Waals surface area contributed by atoms with Gasteiger partial charge in [-0.15, -0.1) is 11.3 Å². The molecule has 0 aliphatic rings. The van der Waals surface area contributed by atoms with Gasteiger partial charge in [0.2, 0.25) is 0 Å². The first-order chi connectivity index (χ1) is 9.10. The summed E-state index contributed by atoms with van der Waals surface area (Å²) in [5.41, 5.74) is 1.56. The van der Waals surface area contributed by atoms with Crippen molar-refractivity contribution in [3.63, 3.8) is 0 Å². The summed E-state index contributed by atoms with van der Waals surface area (Å²) in [4.78, 5) is 14.5. The highest BCUT2D eigenvalue weighted by Gasteiger charge is 2.14. The van der Waals surface area contributed by atoms with Gasteiger partial charge in [-0.1, -0.05) is 12.1 Å². The van der Waals surface area contributed by atoms with E-state index in [0.29, 0.717) is 17.0 Å². The summed E-state index contributed by atoms with van der Waals surface area (Å²) in [6.45, 7) is 0.490. The molecule has 0 fully saturated rings. The smallest absolute Gasteiger partial charge is 0.264 e. The van der Waals surface area contributed by atoms with E-state index < -0.39 is 0 Å². The number of rotatable bonds is 3. The van der Waals surface area contributed by atoms with Crippen molar-refractivity contribution in [1.29, 1.82) is 5.26 Å². The summed E-state index contributed by atoms with van der Waals surface area (Å²) in [6, 6.07) is 13.1. The molecule has 2 rings (SSSR count). The zero-order valence-corrected chi connectivity index (χ0v) is 12.7. The molecule has 96 valence electrons. The van der Waals surface area contributed by atoms with Crippen LogP contribution >= 0.6 is 27.3 Å². The average molecular weight is 335 g/mol. The number of benzene rings is 1. The first kappa shape index (κ1) is 13.8. The van der Waals surface area contributed by atoms with Crippen molar-refractivity contribution in [2.24, 2.45) is 0 Å². The molecule has 1 amide bonds. The molecule has 0 bridgehead atoms. The van der Waals surface area contributed by atoms with Crippen molar-refractivity contribution < 1.29 is 4.79 Å². The minimum absolute atomic E-state index is 0.0157. The quantitative estimate of drug-likeness (QED) is 0.859. The number of thiophene rings is 1. The predicted molar refractivity (Wildman–Crippen MR) is 79.0 cm³/mol. The van der Waals surface area contributed by atoms with Gasteiger partial charge in [0.25, 0.3) is 5.91 Å². The summed E-state index contributed by atoms with van der Waals surface area (Å²) < 4.78 is 0.940. The molecule has 0 saturated carbocycles. The highest BCUT2D eigenvalue weighted by Crippen LogP contribution is 2.23. The van der Waals surface area contributed by atoms with Crippen LogP contribution in [0, 0.1) is 11.3 Å². The van der Waals surface area contributed by atoms with Crippen molar-refractivity contribution in [1.82, 2.24) is 4.90 Å². The molecule has 0 aliphatic carbocycles. The fourth-order valence-corrected chi connectivity index (χ4v) is 3.08. The molecule has 0 aliphatic heterocycles. The summed E-state index contributed by atoms with van der Waals surface area (Å²) >= 11 is 4.76. The van der Waals surface area contributed by atoms with E-state index in [9.17, 15) is 4.79 Å². The molecule has 0 N–H and O–H groups in total. The zero-order chi connectivity index (χ0) is 13.8. The van der Waals surface area contributed by atoms with Crippen LogP contribution in [0.5, 0.6) is 0 Å². The number of hydrogen-bond donors (Lipinski definition) is 0. The lowest BCUT2D eigenvalue weighted by molar-refractivity contribution is 0.0790. The summed E-state index contributed by atoms with van der Waals surface area (Å²) in [5, 5.41) is 8.85. The van der Waals surface area contributed by atoms with Crippen molar-refractivity contribution in [3.05, 3.63) is 56.2 Å². The predicted octanol–water partition coefficient (Wildman–Crippen LogP) is 3.65. The topological polar surface area (TPSA) is 44.1 Å². The van der Waals surface area contributed by atoms with Gasteiger partial charge in [0.05, 0.1) is 20.3 Å². The van der Waals surface area contributed by atoms with Gasteiger partial charge in [-0.2, -0.15) is 5.26 Å². The minimum Gasteiger partial charge on any atom is -0.337 e. The van der Waals surface area contributed by atoms with Crippen LogP contribution in [0.4, 0.5) is 0 Å². The van der Waals surface area contributed by atoms with Crippen LogP contribution in [0.3, 0.4) is 0 Å². The molecule has 0 radical (unpaired) electrons. The highest BCUT2D eigenvalue weighted by molar-refractivity contribution is 9.11. The van der Waals surface area contributed by atoms with E-state index in [2.05, 4.69) is 22.0 Å². The maximum atomic E-state index is 12.2. The lowest BCUT2D eigenvalue weighted by atomic mass is 10.1. The van der Waals surface area contributed by atoms with Crippen molar-refractivity contribution in [3.8, 4) is 6.07 Å². The average Bonchev–Trinajstić information content (AvgIpc) is 2.84. The van der Waals surface area contributed by atoms with Gasteiger partial charge in [-0.05, 0) is 45.8 Å². The van der Waals surface area contributed by atoms with E-state index in [1.807, 2.05) is 18.2 Å². The monoisotopic (exact) mass is 334 g/mol. The summed E-state index contributed by atoms with van der Waals surface area (Å²) in [5.74, 6) is -0.0157. The third-order valence-corrected chi connectivity index (χ3v) is 4.22. The second-order valence-electron chi connectivity index (χ2n) is 4.08. The van der Waals surface area contributed by atoms with Crippen LogP contribution in [-0.2, 0) is 6.54 Å². The van der Waals surface area contributed by atoms with E-state index in [4.69, 9.17) is 5.26 Å². The molecule has 0 spiro atoms. The van der Waals surface area contributed by atoms with Crippen molar-refractivity contribution >= 4 is 33.2 Å². The van der Waals surface area contributed by atoms with Crippen LogP contribution in [0.2, 0.25) is 0 Å². The van der Waals surface area contributed by atoms with Gasteiger partial charge in [-0.3, -0.25) is 4.79 Å². The van der Waals surface area contributed by atoms with E-state index in [-0.39, 0.29) is 5.91 Å². The Bertz CT molecular complexity index is 645. The number of carbonyl (C=O) groups is 1. The molecule has 2 aromatic rings. The number of amides is 1. The Hall–Kier alpha value is -1.64.